The lowest BCUT2D eigenvalue weighted by Gasteiger charge is -2.25. The average Bonchev–Trinajstić information content (AvgIpc) is 3.21. The maximum Gasteiger partial charge on any atom is 0.246 e. The summed E-state index contributed by atoms with van der Waals surface area (Å²) in [6, 6.07) is 7.01. The molecule has 0 aliphatic heterocycles. The lowest BCUT2D eigenvalue weighted by molar-refractivity contribution is -0.126. The predicted molar refractivity (Wildman–Crippen MR) is 75.8 cm³/mol. The summed E-state index contributed by atoms with van der Waals surface area (Å²) in [5.74, 6) is 0.843. The van der Waals surface area contributed by atoms with Crippen molar-refractivity contribution >= 4 is 5.91 Å². The van der Waals surface area contributed by atoms with E-state index in [0.29, 0.717) is 5.92 Å². The second-order valence-electron chi connectivity index (χ2n) is 5.35. The monoisotopic (exact) mass is 259 g/mol. The molecule has 1 aliphatic carbocycles. The Balaban J connectivity index is 2.10. The van der Waals surface area contributed by atoms with Crippen molar-refractivity contribution in [1.29, 1.82) is 0 Å². The summed E-state index contributed by atoms with van der Waals surface area (Å²) in [5.41, 5.74) is 1.94. The molecule has 1 atom stereocenters. The Kier molecular flexibility index (Phi) is 3.93. The number of para-hydroxylation sites is 1. The second kappa shape index (κ2) is 5.47. The minimum Gasteiger partial charge on any atom is -0.508 e. The molecule has 1 N–H and O–H groups in total. The van der Waals surface area contributed by atoms with Crippen LogP contribution in [-0.2, 0) is 4.79 Å². The van der Waals surface area contributed by atoms with Crippen LogP contribution in [0, 0.1) is 5.92 Å². The molecule has 19 heavy (non-hydrogen) atoms. The summed E-state index contributed by atoms with van der Waals surface area (Å²) in [5, 5.41) is 9.84. The third-order valence-corrected chi connectivity index (χ3v) is 3.89. The lowest BCUT2D eigenvalue weighted by Crippen LogP contribution is -2.28. The van der Waals surface area contributed by atoms with E-state index < -0.39 is 0 Å². The summed E-state index contributed by atoms with van der Waals surface area (Å²) in [6.45, 7) is 3.95. The van der Waals surface area contributed by atoms with Crippen LogP contribution >= 0.6 is 0 Å². The topological polar surface area (TPSA) is 40.5 Å². The van der Waals surface area contributed by atoms with Gasteiger partial charge in [0.2, 0.25) is 5.91 Å². The van der Waals surface area contributed by atoms with Gasteiger partial charge in [-0.25, -0.2) is 0 Å². The maximum absolute atomic E-state index is 12.2. The first kappa shape index (κ1) is 13.7. The molecule has 0 heterocycles. The third kappa shape index (κ3) is 3.16. The fraction of sp³-hybridized carbons (Fsp3) is 0.438. The van der Waals surface area contributed by atoms with Crippen LogP contribution in [0.4, 0.5) is 0 Å². The van der Waals surface area contributed by atoms with Crippen LogP contribution in [-0.4, -0.2) is 23.0 Å². The normalized spacial score (nSPS) is 17.1. The highest BCUT2D eigenvalue weighted by molar-refractivity contribution is 5.88. The number of nitrogens with zero attached hydrogens (tertiary/aromatic N) is 1. The summed E-state index contributed by atoms with van der Waals surface area (Å²) in [6.07, 6.45) is 4.14. The minimum absolute atomic E-state index is 0.000142. The molecular weight excluding hydrogens is 238 g/mol. The number of carbonyl (C=O) groups is 1. The van der Waals surface area contributed by atoms with Gasteiger partial charge in [-0.3, -0.25) is 4.79 Å². The van der Waals surface area contributed by atoms with Crippen molar-refractivity contribution in [3.63, 3.8) is 0 Å². The van der Waals surface area contributed by atoms with E-state index in [4.69, 9.17) is 0 Å². The SMILES string of the molecule is C/C(=C\C(=O)N(C)C(C)c1ccccc1O)C1CC1. The number of amides is 1. The molecule has 0 saturated heterocycles. The molecule has 1 amide bonds. The molecule has 1 aliphatic rings. The number of rotatable bonds is 4. The summed E-state index contributed by atoms with van der Waals surface area (Å²) in [4.78, 5) is 13.8. The molecule has 0 aromatic heterocycles. The second-order valence-corrected chi connectivity index (χ2v) is 5.35. The van der Waals surface area contributed by atoms with Gasteiger partial charge in [0.15, 0.2) is 0 Å². The zero-order valence-corrected chi connectivity index (χ0v) is 11.8. The van der Waals surface area contributed by atoms with Gasteiger partial charge in [-0.05, 0) is 38.7 Å². The van der Waals surface area contributed by atoms with Gasteiger partial charge in [-0.1, -0.05) is 23.8 Å². The van der Waals surface area contributed by atoms with Gasteiger partial charge in [-0.2, -0.15) is 0 Å². The van der Waals surface area contributed by atoms with E-state index in [1.165, 1.54) is 18.4 Å². The predicted octanol–water partition coefficient (Wildman–Crippen LogP) is 3.27. The Morgan fingerprint density at radius 3 is 2.63 bits per heavy atom. The van der Waals surface area contributed by atoms with Gasteiger partial charge in [0.1, 0.15) is 5.75 Å². The van der Waals surface area contributed by atoms with E-state index in [-0.39, 0.29) is 17.7 Å². The molecule has 3 nitrogen and oxygen atoms in total. The van der Waals surface area contributed by atoms with Crippen LogP contribution < -0.4 is 0 Å². The number of benzene rings is 1. The van der Waals surface area contributed by atoms with Gasteiger partial charge in [0.25, 0.3) is 0 Å². The molecule has 1 fully saturated rings. The van der Waals surface area contributed by atoms with E-state index in [2.05, 4.69) is 0 Å². The Bertz CT molecular complexity index is 503. The highest BCUT2D eigenvalue weighted by atomic mass is 16.3. The molecule has 102 valence electrons. The summed E-state index contributed by atoms with van der Waals surface area (Å²) in [7, 11) is 1.77. The third-order valence-electron chi connectivity index (χ3n) is 3.89. The molecule has 1 aromatic carbocycles. The van der Waals surface area contributed by atoms with Gasteiger partial charge < -0.3 is 10.0 Å². The Hall–Kier alpha value is -1.77. The van der Waals surface area contributed by atoms with Crippen molar-refractivity contribution in [2.45, 2.75) is 32.7 Å². The number of hydrogen-bond donors (Lipinski definition) is 1. The summed E-state index contributed by atoms with van der Waals surface area (Å²) < 4.78 is 0. The highest BCUT2D eigenvalue weighted by Crippen LogP contribution is 2.36. The van der Waals surface area contributed by atoms with E-state index in [9.17, 15) is 9.90 Å². The average molecular weight is 259 g/mol. The summed E-state index contributed by atoms with van der Waals surface area (Å²) >= 11 is 0. The van der Waals surface area contributed by atoms with Gasteiger partial charge in [0.05, 0.1) is 6.04 Å². The molecule has 1 saturated carbocycles. The maximum atomic E-state index is 12.2. The molecule has 3 heteroatoms. The Labute approximate surface area is 114 Å². The van der Waals surface area contributed by atoms with E-state index in [1.54, 1.807) is 30.2 Å². The van der Waals surface area contributed by atoms with E-state index in [1.807, 2.05) is 26.0 Å². The van der Waals surface area contributed by atoms with Crippen molar-refractivity contribution in [3.05, 3.63) is 41.5 Å². The van der Waals surface area contributed by atoms with Crippen LogP contribution in [0.25, 0.3) is 0 Å². The zero-order chi connectivity index (χ0) is 14.0. The zero-order valence-electron chi connectivity index (χ0n) is 11.8. The fourth-order valence-electron chi connectivity index (χ4n) is 2.19. The van der Waals surface area contributed by atoms with Crippen molar-refractivity contribution in [2.75, 3.05) is 7.05 Å². The van der Waals surface area contributed by atoms with Gasteiger partial charge in [-0.15, -0.1) is 0 Å². The van der Waals surface area contributed by atoms with E-state index >= 15 is 0 Å². The first-order valence-electron chi connectivity index (χ1n) is 6.73. The number of allylic oxidation sites excluding steroid dienone is 1. The van der Waals surface area contributed by atoms with Crippen LogP contribution in [0.2, 0.25) is 0 Å². The van der Waals surface area contributed by atoms with Crippen molar-refractivity contribution < 1.29 is 9.90 Å². The first-order chi connectivity index (χ1) is 9.00. The van der Waals surface area contributed by atoms with Crippen LogP contribution in [0.5, 0.6) is 5.75 Å². The van der Waals surface area contributed by atoms with Crippen LogP contribution in [0.1, 0.15) is 38.3 Å². The molecule has 0 bridgehead atoms. The van der Waals surface area contributed by atoms with Crippen molar-refractivity contribution in [2.24, 2.45) is 5.92 Å². The first-order valence-corrected chi connectivity index (χ1v) is 6.73. The largest absolute Gasteiger partial charge is 0.508 e. The quantitative estimate of drug-likeness (QED) is 0.843. The standard InChI is InChI=1S/C16H21NO2/c1-11(13-8-9-13)10-16(19)17(3)12(2)14-6-4-5-7-15(14)18/h4-7,10,12-13,18H,8-9H2,1-3H3/b11-10+. The van der Waals surface area contributed by atoms with Crippen molar-refractivity contribution in [3.8, 4) is 5.75 Å². The molecule has 1 aromatic rings. The fourth-order valence-corrected chi connectivity index (χ4v) is 2.19. The number of carbonyl (C=O) groups excluding carboxylic acids is 1. The number of likely N-dealkylation sites (N-methyl/N-ethyl adjacent to an activating group) is 1. The highest BCUT2D eigenvalue weighted by Gasteiger charge is 2.25. The molecule has 1 unspecified atom stereocenters. The molecule has 0 spiro atoms. The number of phenols is 1. The lowest BCUT2D eigenvalue weighted by atomic mass is 10.1. The Morgan fingerprint density at radius 2 is 2.05 bits per heavy atom. The molecule has 2 rings (SSSR count). The Morgan fingerprint density at radius 1 is 1.42 bits per heavy atom. The van der Waals surface area contributed by atoms with E-state index in [0.717, 1.165) is 5.56 Å². The minimum atomic E-state index is -0.142. The smallest absolute Gasteiger partial charge is 0.246 e. The number of hydrogen-bond acceptors (Lipinski definition) is 2. The molecule has 0 radical (unpaired) electrons. The van der Waals surface area contributed by atoms with Crippen LogP contribution in [0.3, 0.4) is 0 Å². The van der Waals surface area contributed by atoms with Gasteiger partial charge >= 0.3 is 0 Å². The van der Waals surface area contributed by atoms with Gasteiger partial charge in [0, 0.05) is 18.7 Å². The van der Waals surface area contributed by atoms with Crippen LogP contribution in [0.15, 0.2) is 35.9 Å². The van der Waals surface area contributed by atoms with Crippen molar-refractivity contribution in [1.82, 2.24) is 4.90 Å². The molecular formula is C16H21NO2. The number of phenolic OH excluding ortho intramolecular Hbond substituents is 1. The number of aromatic hydroxyl groups is 1.